The highest BCUT2D eigenvalue weighted by Crippen LogP contribution is 2.26. The number of nitrogens with one attached hydrogen (secondary N) is 1. The zero-order valence-electron chi connectivity index (χ0n) is 13.9. The number of hydrogen-bond acceptors (Lipinski definition) is 6. The summed E-state index contributed by atoms with van der Waals surface area (Å²) in [5.74, 6) is 0.955. The number of furan rings is 1. The summed E-state index contributed by atoms with van der Waals surface area (Å²) in [4.78, 5) is 16.8. The zero-order valence-corrected chi connectivity index (χ0v) is 14.8. The van der Waals surface area contributed by atoms with Gasteiger partial charge in [0.25, 0.3) is 0 Å². The molecular weight excluding hydrogens is 338 g/mol. The van der Waals surface area contributed by atoms with Gasteiger partial charge in [-0.15, -0.1) is 0 Å². The van der Waals surface area contributed by atoms with Crippen molar-refractivity contribution in [1.29, 1.82) is 0 Å². The normalized spacial score (nSPS) is 15.6. The molecule has 2 amide bonds. The largest absolute Gasteiger partial charge is 0.468 e. The lowest BCUT2D eigenvalue weighted by molar-refractivity contribution is 0.137. The van der Waals surface area contributed by atoms with Gasteiger partial charge < -0.3 is 14.6 Å². The molecule has 1 aromatic carbocycles. The average molecular weight is 357 g/mol. The highest BCUT2D eigenvalue weighted by atomic mass is 32.1. The Balaban J connectivity index is 1.39. The summed E-state index contributed by atoms with van der Waals surface area (Å²) in [6.07, 6.45) is 1.69. The molecule has 130 valence electrons. The summed E-state index contributed by atoms with van der Waals surface area (Å²) >= 11 is 1.16. The zero-order chi connectivity index (χ0) is 17.2. The van der Waals surface area contributed by atoms with Crippen LogP contribution < -0.4 is 5.32 Å². The van der Waals surface area contributed by atoms with E-state index in [1.165, 1.54) is 0 Å². The fourth-order valence-corrected chi connectivity index (χ4v) is 3.57. The predicted molar refractivity (Wildman–Crippen MR) is 96.7 cm³/mol. The number of anilines is 1. The fourth-order valence-electron chi connectivity index (χ4n) is 3.03. The molecule has 0 radical (unpaired) electrons. The number of carbonyl (C=O) groups is 1. The summed E-state index contributed by atoms with van der Waals surface area (Å²) in [6.45, 7) is 5.79. The van der Waals surface area contributed by atoms with Crippen LogP contribution in [0.5, 0.6) is 0 Å². The van der Waals surface area contributed by atoms with Crippen LogP contribution in [0.1, 0.15) is 11.3 Å². The van der Waals surface area contributed by atoms with E-state index >= 15 is 0 Å². The van der Waals surface area contributed by atoms with Gasteiger partial charge >= 0.3 is 6.03 Å². The summed E-state index contributed by atoms with van der Waals surface area (Å²) in [5, 5.41) is 3.02. The maximum atomic E-state index is 12.6. The van der Waals surface area contributed by atoms with E-state index < -0.39 is 0 Å². The summed E-state index contributed by atoms with van der Waals surface area (Å²) in [5.41, 5.74) is 3.32. The molecule has 1 saturated heterocycles. The lowest BCUT2D eigenvalue weighted by Gasteiger charge is -2.34. The Labute approximate surface area is 149 Å². The molecule has 0 atom stereocenters. The van der Waals surface area contributed by atoms with E-state index in [2.05, 4.69) is 19.0 Å². The Hall–Kier alpha value is -2.45. The molecule has 2 aromatic heterocycles. The molecule has 8 heteroatoms. The third-order valence-electron chi connectivity index (χ3n) is 4.49. The van der Waals surface area contributed by atoms with Crippen molar-refractivity contribution in [3.63, 3.8) is 0 Å². The van der Waals surface area contributed by atoms with Crippen LogP contribution in [0.15, 0.2) is 34.9 Å². The second kappa shape index (κ2) is 6.81. The minimum atomic E-state index is -0.0822. The lowest BCUT2D eigenvalue weighted by atomic mass is 10.1. The summed E-state index contributed by atoms with van der Waals surface area (Å²) < 4.78 is 13.9. The van der Waals surface area contributed by atoms with Gasteiger partial charge in [-0.2, -0.15) is 8.75 Å². The van der Waals surface area contributed by atoms with E-state index in [0.29, 0.717) is 13.1 Å². The van der Waals surface area contributed by atoms with Gasteiger partial charge in [-0.3, -0.25) is 4.90 Å². The first-order valence-electron chi connectivity index (χ1n) is 8.23. The SMILES string of the molecule is Cc1ccc2nsnc2c1NC(=O)N1CCN(Cc2ccco2)CC1. The van der Waals surface area contributed by atoms with Gasteiger partial charge in [-0.25, -0.2) is 4.79 Å². The number of aromatic nitrogens is 2. The van der Waals surface area contributed by atoms with E-state index in [9.17, 15) is 4.79 Å². The van der Waals surface area contributed by atoms with Crippen molar-refractivity contribution < 1.29 is 9.21 Å². The molecule has 3 heterocycles. The first-order chi connectivity index (χ1) is 12.2. The molecule has 0 unspecified atom stereocenters. The second-order valence-electron chi connectivity index (χ2n) is 6.16. The predicted octanol–water partition coefficient (Wildman–Crippen LogP) is 2.94. The van der Waals surface area contributed by atoms with Gasteiger partial charge in [-0.1, -0.05) is 6.07 Å². The maximum Gasteiger partial charge on any atom is 0.322 e. The Kier molecular flexibility index (Phi) is 4.37. The van der Waals surface area contributed by atoms with Crippen molar-refractivity contribution in [2.75, 3.05) is 31.5 Å². The number of piperazine rings is 1. The van der Waals surface area contributed by atoms with Crippen LogP contribution in [0.4, 0.5) is 10.5 Å². The van der Waals surface area contributed by atoms with Crippen LogP contribution in [-0.2, 0) is 6.54 Å². The van der Waals surface area contributed by atoms with Gasteiger partial charge in [0.1, 0.15) is 16.8 Å². The Morgan fingerprint density at radius 2 is 2.08 bits per heavy atom. The van der Waals surface area contributed by atoms with Crippen LogP contribution in [0.2, 0.25) is 0 Å². The molecule has 4 rings (SSSR count). The van der Waals surface area contributed by atoms with Gasteiger partial charge in [-0.05, 0) is 30.7 Å². The Morgan fingerprint density at radius 1 is 1.24 bits per heavy atom. The van der Waals surface area contributed by atoms with E-state index in [-0.39, 0.29) is 6.03 Å². The van der Waals surface area contributed by atoms with Crippen molar-refractivity contribution in [2.24, 2.45) is 0 Å². The van der Waals surface area contributed by atoms with Crippen molar-refractivity contribution in [3.05, 3.63) is 41.9 Å². The molecule has 0 bridgehead atoms. The molecule has 0 aliphatic carbocycles. The number of amides is 2. The standard InChI is InChI=1S/C17H19N5O2S/c1-12-4-5-14-16(20-25-19-14)15(12)18-17(23)22-8-6-21(7-9-22)11-13-3-2-10-24-13/h2-5,10H,6-9,11H2,1H3,(H,18,23). The summed E-state index contributed by atoms with van der Waals surface area (Å²) in [7, 11) is 0. The molecule has 1 N–H and O–H groups in total. The highest BCUT2D eigenvalue weighted by molar-refractivity contribution is 7.00. The van der Waals surface area contributed by atoms with Crippen molar-refractivity contribution >= 4 is 34.5 Å². The quantitative estimate of drug-likeness (QED) is 0.780. The van der Waals surface area contributed by atoms with E-state index in [0.717, 1.165) is 59.4 Å². The van der Waals surface area contributed by atoms with Crippen LogP contribution in [-0.4, -0.2) is 50.8 Å². The number of urea groups is 1. The van der Waals surface area contributed by atoms with E-state index in [1.807, 2.05) is 36.1 Å². The monoisotopic (exact) mass is 357 g/mol. The number of hydrogen-bond donors (Lipinski definition) is 1. The number of rotatable bonds is 3. The molecule has 0 saturated carbocycles. The number of fused-ring (bicyclic) bond motifs is 1. The Morgan fingerprint density at radius 3 is 2.84 bits per heavy atom. The third kappa shape index (κ3) is 3.35. The molecule has 1 fully saturated rings. The maximum absolute atomic E-state index is 12.6. The highest BCUT2D eigenvalue weighted by Gasteiger charge is 2.23. The van der Waals surface area contributed by atoms with Gasteiger partial charge in [0.15, 0.2) is 0 Å². The Bertz CT molecular complexity index is 868. The van der Waals surface area contributed by atoms with Crippen molar-refractivity contribution in [1.82, 2.24) is 18.5 Å². The van der Waals surface area contributed by atoms with Crippen LogP contribution in [0, 0.1) is 6.92 Å². The lowest BCUT2D eigenvalue weighted by Crippen LogP contribution is -2.49. The van der Waals surface area contributed by atoms with E-state index in [4.69, 9.17) is 4.42 Å². The number of carbonyl (C=O) groups excluding carboxylic acids is 1. The molecule has 1 aliphatic rings. The minimum Gasteiger partial charge on any atom is -0.468 e. The smallest absolute Gasteiger partial charge is 0.322 e. The molecule has 7 nitrogen and oxygen atoms in total. The molecule has 1 aliphatic heterocycles. The van der Waals surface area contributed by atoms with Crippen molar-refractivity contribution in [3.8, 4) is 0 Å². The van der Waals surface area contributed by atoms with Gasteiger partial charge in [0.05, 0.1) is 30.2 Å². The summed E-state index contributed by atoms with van der Waals surface area (Å²) in [6, 6.07) is 7.68. The van der Waals surface area contributed by atoms with E-state index in [1.54, 1.807) is 6.26 Å². The number of benzene rings is 1. The molecule has 25 heavy (non-hydrogen) atoms. The molecule has 3 aromatic rings. The van der Waals surface area contributed by atoms with Crippen LogP contribution in [0.3, 0.4) is 0 Å². The first-order valence-corrected chi connectivity index (χ1v) is 8.96. The van der Waals surface area contributed by atoms with Crippen molar-refractivity contribution in [2.45, 2.75) is 13.5 Å². The average Bonchev–Trinajstić information content (AvgIpc) is 3.29. The topological polar surface area (TPSA) is 74.5 Å². The first kappa shape index (κ1) is 16.0. The second-order valence-corrected chi connectivity index (χ2v) is 6.69. The van der Waals surface area contributed by atoms with Gasteiger partial charge in [0.2, 0.25) is 0 Å². The van der Waals surface area contributed by atoms with Crippen LogP contribution >= 0.6 is 11.7 Å². The number of nitrogens with zero attached hydrogens (tertiary/aromatic N) is 4. The van der Waals surface area contributed by atoms with Gasteiger partial charge in [0, 0.05) is 26.2 Å². The third-order valence-corrected chi connectivity index (χ3v) is 5.03. The van der Waals surface area contributed by atoms with Crippen LogP contribution in [0.25, 0.3) is 11.0 Å². The fraction of sp³-hybridized carbons (Fsp3) is 0.353. The molecule has 0 spiro atoms. The molecular formula is C17H19N5O2S. The minimum absolute atomic E-state index is 0.0822. The number of aryl methyl sites for hydroxylation is 1.